The van der Waals surface area contributed by atoms with Crippen LogP contribution in [0, 0.1) is 0 Å². The van der Waals surface area contributed by atoms with E-state index in [9.17, 15) is 13.2 Å². The molecular weight excluding hydrogens is 388 g/mol. The zero-order chi connectivity index (χ0) is 20.6. The van der Waals surface area contributed by atoms with Crippen LogP contribution in [-0.2, 0) is 16.6 Å². The van der Waals surface area contributed by atoms with Gasteiger partial charge in [-0.25, -0.2) is 18.1 Å². The van der Waals surface area contributed by atoms with Gasteiger partial charge in [0.25, 0.3) is 10.0 Å². The van der Waals surface area contributed by atoms with Gasteiger partial charge in [-0.1, -0.05) is 37.3 Å². The van der Waals surface area contributed by atoms with E-state index < -0.39 is 10.0 Å². The number of rotatable bonds is 6. The van der Waals surface area contributed by atoms with Gasteiger partial charge in [0.05, 0.1) is 15.8 Å². The van der Waals surface area contributed by atoms with Crippen molar-refractivity contribution in [1.29, 1.82) is 0 Å². The normalized spacial score (nSPS) is 11.8. The molecule has 2 aromatic heterocycles. The molecule has 0 saturated carbocycles. The summed E-state index contributed by atoms with van der Waals surface area (Å²) in [5.41, 5.74) is 1.92. The van der Waals surface area contributed by atoms with Crippen molar-refractivity contribution in [3.05, 3.63) is 60.2 Å². The molecule has 0 fully saturated rings. The number of aryl methyl sites for hydroxylation is 1. The molecule has 0 unspecified atom stereocenters. The molecule has 8 heteroatoms. The van der Waals surface area contributed by atoms with Crippen LogP contribution in [0.4, 0.5) is 5.82 Å². The van der Waals surface area contributed by atoms with Crippen LogP contribution in [0.2, 0.25) is 0 Å². The molecule has 0 aliphatic carbocycles. The number of carbonyl (C=O) groups is 1. The Balaban J connectivity index is 1.80. The number of fused-ring (bicyclic) bond motifs is 2. The van der Waals surface area contributed by atoms with Crippen molar-refractivity contribution < 1.29 is 13.2 Å². The molecule has 2 aromatic carbocycles. The minimum atomic E-state index is -3.87. The molecule has 148 valence electrons. The highest BCUT2D eigenvalue weighted by molar-refractivity contribution is 7.92. The smallest absolute Gasteiger partial charge is 0.263 e. The molecular formula is C21H20N4O3S. The number of nitrogens with one attached hydrogen (secondary N) is 1. The highest BCUT2D eigenvalue weighted by Crippen LogP contribution is 2.28. The van der Waals surface area contributed by atoms with Crippen LogP contribution in [-0.4, -0.2) is 29.0 Å². The Kier molecular flexibility index (Phi) is 4.79. The maximum atomic E-state index is 12.9. The number of hydrogen-bond donors (Lipinski definition) is 1. The van der Waals surface area contributed by atoms with Gasteiger partial charge in [0.1, 0.15) is 0 Å². The van der Waals surface area contributed by atoms with Crippen molar-refractivity contribution >= 4 is 43.6 Å². The Morgan fingerprint density at radius 3 is 2.52 bits per heavy atom. The van der Waals surface area contributed by atoms with Gasteiger partial charge in [0.2, 0.25) is 0 Å². The summed E-state index contributed by atoms with van der Waals surface area (Å²) in [5.74, 6) is 0.117. The molecule has 1 N–H and O–H groups in total. The zero-order valence-electron chi connectivity index (χ0n) is 16.1. The number of hydrogen-bond acceptors (Lipinski definition) is 5. The number of nitrogens with zero attached hydrogens (tertiary/aromatic N) is 3. The monoisotopic (exact) mass is 408 g/mol. The summed E-state index contributed by atoms with van der Waals surface area (Å²) in [5, 5.41) is 6.01. The second kappa shape index (κ2) is 7.29. The molecule has 0 spiro atoms. The number of Topliss-reactive ketones (excluding diaryl/α,β-unsaturated/α-hetero) is 1. The summed E-state index contributed by atoms with van der Waals surface area (Å²) in [4.78, 5) is 16.2. The van der Waals surface area contributed by atoms with Gasteiger partial charge in [-0.15, -0.1) is 0 Å². The second-order valence-corrected chi connectivity index (χ2v) is 8.49. The van der Waals surface area contributed by atoms with E-state index in [1.165, 1.54) is 31.2 Å². The average Bonchev–Trinajstić information content (AvgIpc) is 3.02. The molecule has 2 heterocycles. The SMILES string of the molecule is CCCn1nc(NS(=O)(=O)c2ccc(C(C)=O)cc2)c2cc3ccccc3nc21. The fraction of sp³-hybridized carbons (Fsp3) is 0.190. The van der Waals surface area contributed by atoms with Crippen LogP contribution in [0.3, 0.4) is 0 Å². The van der Waals surface area contributed by atoms with E-state index >= 15 is 0 Å². The summed E-state index contributed by atoms with van der Waals surface area (Å²) in [6.45, 7) is 4.08. The van der Waals surface area contributed by atoms with Gasteiger partial charge < -0.3 is 0 Å². The number of anilines is 1. The molecule has 0 bridgehead atoms. The lowest BCUT2D eigenvalue weighted by Gasteiger charge is -2.06. The van der Waals surface area contributed by atoms with Crippen molar-refractivity contribution in [1.82, 2.24) is 14.8 Å². The van der Waals surface area contributed by atoms with E-state index in [1.807, 2.05) is 37.3 Å². The van der Waals surface area contributed by atoms with E-state index in [2.05, 4.69) is 14.8 Å². The largest absolute Gasteiger partial charge is 0.295 e. The first kappa shape index (κ1) is 19.1. The third kappa shape index (κ3) is 3.58. The van der Waals surface area contributed by atoms with Crippen LogP contribution in [0.1, 0.15) is 30.6 Å². The van der Waals surface area contributed by atoms with E-state index in [0.29, 0.717) is 23.1 Å². The first-order chi connectivity index (χ1) is 13.9. The number of pyridine rings is 1. The number of carbonyl (C=O) groups excluding carboxylic acids is 1. The lowest BCUT2D eigenvalue weighted by molar-refractivity contribution is 0.101. The van der Waals surface area contributed by atoms with Gasteiger partial charge in [0.15, 0.2) is 17.2 Å². The topological polar surface area (TPSA) is 94.0 Å². The molecule has 0 saturated heterocycles. The minimum absolute atomic E-state index is 0.0643. The van der Waals surface area contributed by atoms with E-state index in [1.54, 1.807) is 4.68 Å². The van der Waals surface area contributed by atoms with Crippen molar-refractivity contribution in [2.45, 2.75) is 31.7 Å². The van der Waals surface area contributed by atoms with Crippen LogP contribution in [0.15, 0.2) is 59.5 Å². The average molecular weight is 408 g/mol. The molecule has 0 radical (unpaired) electrons. The summed E-state index contributed by atoms with van der Waals surface area (Å²) in [6, 6.07) is 15.4. The molecule has 29 heavy (non-hydrogen) atoms. The Morgan fingerprint density at radius 1 is 1.10 bits per heavy atom. The van der Waals surface area contributed by atoms with Gasteiger partial charge in [0, 0.05) is 17.5 Å². The van der Waals surface area contributed by atoms with Crippen LogP contribution >= 0.6 is 0 Å². The van der Waals surface area contributed by atoms with Crippen molar-refractivity contribution in [2.75, 3.05) is 4.72 Å². The van der Waals surface area contributed by atoms with Crippen LogP contribution in [0.25, 0.3) is 21.9 Å². The Bertz CT molecular complexity index is 1330. The second-order valence-electron chi connectivity index (χ2n) is 6.81. The maximum absolute atomic E-state index is 12.9. The fourth-order valence-corrected chi connectivity index (χ4v) is 4.21. The number of benzene rings is 2. The minimum Gasteiger partial charge on any atom is -0.295 e. The molecule has 4 rings (SSSR count). The zero-order valence-corrected chi connectivity index (χ0v) is 16.9. The van der Waals surface area contributed by atoms with Gasteiger partial charge in [-0.05, 0) is 37.6 Å². The highest BCUT2D eigenvalue weighted by atomic mass is 32.2. The standard InChI is InChI=1S/C21H20N4O3S/c1-3-12-25-21-18(13-16-6-4-5-7-19(16)22-21)20(23-25)24-29(27,28)17-10-8-15(9-11-17)14(2)26/h4-11,13H,3,12H2,1-2H3,(H,23,24). The highest BCUT2D eigenvalue weighted by Gasteiger charge is 2.20. The maximum Gasteiger partial charge on any atom is 0.263 e. The predicted octanol–water partition coefficient (Wildman–Crippen LogP) is 4.00. The first-order valence-electron chi connectivity index (χ1n) is 9.29. The molecule has 0 aliphatic rings. The summed E-state index contributed by atoms with van der Waals surface area (Å²) in [6.07, 6.45) is 0.837. The van der Waals surface area contributed by atoms with Gasteiger partial charge >= 0.3 is 0 Å². The van der Waals surface area contributed by atoms with E-state index in [-0.39, 0.29) is 16.5 Å². The van der Waals surface area contributed by atoms with E-state index in [4.69, 9.17) is 0 Å². The number of sulfonamides is 1. The Labute approximate surface area is 168 Å². The fourth-order valence-electron chi connectivity index (χ4n) is 3.20. The molecule has 7 nitrogen and oxygen atoms in total. The van der Waals surface area contributed by atoms with Crippen LogP contribution in [0.5, 0.6) is 0 Å². The van der Waals surface area contributed by atoms with Crippen molar-refractivity contribution in [3.8, 4) is 0 Å². The summed E-state index contributed by atoms with van der Waals surface area (Å²) in [7, 11) is -3.87. The molecule has 0 aliphatic heterocycles. The number of aromatic nitrogens is 3. The number of para-hydroxylation sites is 1. The quantitative estimate of drug-likeness (QED) is 0.487. The van der Waals surface area contributed by atoms with Crippen LogP contribution < -0.4 is 4.72 Å². The Morgan fingerprint density at radius 2 is 1.83 bits per heavy atom. The Hall–Kier alpha value is -3.26. The van der Waals surface area contributed by atoms with Crippen molar-refractivity contribution in [2.24, 2.45) is 0 Å². The lowest BCUT2D eigenvalue weighted by Crippen LogP contribution is -2.14. The first-order valence-corrected chi connectivity index (χ1v) is 10.8. The molecule has 0 atom stereocenters. The van der Waals surface area contributed by atoms with Gasteiger partial charge in [-0.2, -0.15) is 5.10 Å². The van der Waals surface area contributed by atoms with Crippen molar-refractivity contribution in [3.63, 3.8) is 0 Å². The lowest BCUT2D eigenvalue weighted by atomic mass is 10.2. The third-order valence-corrected chi connectivity index (χ3v) is 6.02. The third-order valence-electron chi connectivity index (χ3n) is 4.66. The van der Waals surface area contributed by atoms with E-state index in [0.717, 1.165) is 17.3 Å². The summed E-state index contributed by atoms with van der Waals surface area (Å²) >= 11 is 0. The molecule has 0 amide bonds. The predicted molar refractivity (Wildman–Crippen MR) is 113 cm³/mol. The number of ketones is 1. The van der Waals surface area contributed by atoms with Gasteiger partial charge in [-0.3, -0.25) is 9.52 Å². The molecule has 4 aromatic rings. The summed E-state index contributed by atoms with van der Waals surface area (Å²) < 4.78 is 30.1.